The first-order chi connectivity index (χ1) is 9.15. The van der Waals surface area contributed by atoms with Gasteiger partial charge >= 0.3 is 0 Å². The van der Waals surface area contributed by atoms with Crippen molar-refractivity contribution in [2.24, 2.45) is 17.6 Å². The normalized spacial score (nSPS) is 22.3. The van der Waals surface area contributed by atoms with E-state index >= 15 is 0 Å². The Morgan fingerprint density at radius 3 is 2.84 bits per heavy atom. The quantitative estimate of drug-likeness (QED) is 0.876. The second kappa shape index (κ2) is 6.06. The van der Waals surface area contributed by atoms with Gasteiger partial charge in [-0.3, -0.25) is 4.79 Å². The van der Waals surface area contributed by atoms with Crippen molar-refractivity contribution in [2.45, 2.75) is 32.7 Å². The van der Waals surface area contributed by atoms with Crippen molar-refractivity contribution >= 4 is 11.6 Å². The molecule has 3 N–H and O–H groups in total. The highest BCUT2D eigenvalue weighted by atomic mass is 16.5. The maximum Gasteiger partial charge on any atom is 0.227 e. The molecule has 0 radical (unpaired) electrons. The van der Waals surface area contributed by atoms with Crippen LogP contribution >= 0.6 is 0 Å². The minimum Gasteiger partial charge on any atom is -0.495 e. The number of carbonyl (C=O) groups is 1. The van der Waals surface area contributed by atoms with E-state index < -0.39 is 0 Å². The van der Waals surface area contributed by atoms with Crippen LogP contribution in [0.25, 0.3) is 0 Å². The van der Waals surface area contributed by atoms with E-state index in [0.29, 0.717) is 18.2 Å². The number of anilines is 1. The van der Waals surface area contributed by atoms with Crippen LogP contribution < -0.4 is 15.8 Å². The predicted molar refractivity (Wildman–Crippen MR) is 76.0 cm³/mol. The largest absolute Gasteiger partial charge is 0.495 e. The zero-order chi connectivity index (χ0) is 13.8. The van der Waals surface area contributed by atoms with Gasteiger partial charge in [-0.2, -0.15) is 0 Å². The second-order valence-corrected chi connectivity index (χ2v) is 5.24. The summed E-state index contributed by atoms with van der Waals surface area (Å²) in [6, 6.07) is 5.64. The van der Waals surface area contributed by atoms with E-state index in [4.69, 9.17) is 10.5 Å². The highest BCUT2D eigenvalue weighted by Gasteiger charge is 2.30. The fourth-order valence-electron chi connectivity index (χ4n) is 2.73. The Hall–Kier alpha value is -1.55. The summed E-state index contributed by atoms with van der Waals surface area (Å²) >= 11 is 0. The first-order valence-corrected chi connectivity index (χ1v) is 6.83. The van der Waals surface area contributed by atoms with E-state index in [-0.39, 0.29) is 11.8 Å². The molecule has 1 aliphatic rings. The molecule has 1 aromatic carbocycles. The van der Waals surface area contributed by atoms with Crippen molar-refractivity contribution in [2.75, 3.05) is 12.4 Å². The number of hydrogen-bond donors (Lipinski definition) is 2. The molecule has 0 heterocycles. The van der Waals surface area contributed by atoms with Gasteiger partial charge in [0.25, 0.3) is 0 Å². The van der Waals surface area contributed by atoms with E-state index in [1.165, 1.54) is 0 Å². The third-order valence-electron chi connectivity index (χ3n) is 3.96. The number of rotatable bonds is 4. The van der Waals surface area contributed by atoms with E-state index in [9.17, 15) is 4.79 Å². The van der Waals surface area contributed by atoms with Gasteiger partial charge in [-0.15, -0.1) is 0 Å². The Bertz CT molecular complexity index is 459. The fourth-order valence-corrected chi connectivity index (χ4v) is 2.73. The fraction of sp³-hybridized carbons (Fsp3) is 0.533. The van der Waals surface area contributed by atoms with Crippen molar-refractivity contribution in [3.63, 3.8) is 0 Å². The average Bonchev–Trinajstić information content (AvgIpc) is 2.85. The molecule has 4 heteroatoms. The van der Waals surface area contributed by atoms with Crippen molar-refractivity contribution < 1.29 is 9.53 Å². The Balaban J connectivity index is 2.12. The molecular formula is C15H22N2O2. The van der Waals surface area contributed by atoms with Crippen molar-refractivity contribution in [3.8, 4) is 5.75 Å². The molecule has 2 atom stereocenters. The third-order valence-corrected chi connectivity index (χ3v) is 3.96. The molecule has 1 amide bonds. The van der Waals surface area contributed by atoms with Crippen LogP contribution in [0.4, 0.5) is 5.69 Å². The number of ether oxygens (including phenoxy) is 1. The summed E-state index contributed by atoms with van der Waals surface area (Å²) in [7, 11) is 1.60. The Morgan fingerprint density at radius 1 is 1.47 bits per heavy atom. The van der Waals surface area contributed by atoms with Gasteiger partial charge in [0, 0.05) is 12.5 Å². The molecule has 1 fully saturated rings. The predicted octanol–water partition coefficient (Wildman–Crippen LogP) is 2.53. The van der Waals surface area contributed by atoms with Gasteiger partial charge in [-0.25, -0.2) is 0 Å². The molecule has 19 heavy (non-hydrogen) atoms. The number of hydrogen-bond acceptors (Lipinski definition) is 3. The summed E-state index contributed by atoms with van der Waals surface area (Å²) in [5.74, 6) is 1.36. The number of nitrogens with two attached hydrogens (primary N) is 1. The minimum atomic E-state index is 0.101. The number of nitrogens with one attached hydrogen (secondary N) is 1. The van der Waals surface area contributed by atoms with Crippen LogP contribution in [0.2, 0.25) is 0 Å². The minimum absolute atomic E-state index is 0.101. The third kappa shape index (κ3) is 3.07. The summed E-state index contributed by atoms with van der Waals surface area (Å²) in [5, 5.41) is 2.98. The lowest BCUT2D eigenvalue weighted by Gasteiger charge is -2.17. The van der Waals surface area contributed by atoms with Crippen LogP contribution in [0.1, 0.15) is 31.7 Å². The summed E-state index contributed by atoms with van der Waals surface area (Å²) in [6.07, 6.45) is 3.26. The number of amides is 1. The van der Waals surface area contributed by atoms with Gasteiger partial charge in [0.15, 0.2) is 0 Å². The maximum absolute atomic E-state index is 12.3. The molecule has 4 nitrogen and oxygen atoms in total. The van der Waals surface area contributed by atoms with Crippen molar-refractivity contribution in [1.29, 1.82) is 0 Å². The highest BCUT2D eigenvalue weighted by Crippen LogP contribution is 2.33. The highest BCUT2D eigenvalue weighted by molar-refractivity contribution is 5.94. The molecule has 104 valence electrons. The topological polar surface area (TPSA) is 64.3 Å². The van der Waals surface area contributed by atoms with Crippen LogP contribution in [0.3, 0.4) is 0 Å². The molecule has 0 bridgehead atoms. The molecular weight excluding hydrogens is 240 g/mol. The maximum atomic E-state index is 12.3. The van der Waals surface area contributed by atoms with Gasteiger partial charge in [0.1, 0.15) is 5.75 Å². The van der Waals surface area contributed by atoms with Gasteiger partial charge in [0.2, 0.25) is 5.91 Å². The van der Waals surface area contributed by atoms with E-state index in [2.05, 4.69) is 12.2 Å². The van der Waals surface area contributed by atoms with Gasteiger partial charge in [-0.05, 0) is 36.5 Å². The zero-order valence-corrected chi connectivity index (χ0v) is 11.6. The van der Waals surface area contributed by atoms with Crippen LogP contribution in [-0.2, 0) is 11.3 Å². The molecule has 0 aliphatic heterocycles. The van der Waals surface area contributed by atoms with Crippen molar-refractivity contribution in [1.82, 2.24) is 0 Å². The molecule has 1 aliphatic carbocycles. The SMILES string of the molecule is COc1cc(CN)ccc1NC(=O)C1CCCC1C. The number of carbonyl (C=O) groups excluding carboxylic acids is 1. The van der Waals surface area contributed by atoms with Crippen LogP contribution in [-0.4, -0.2) is 13.0 Å². The summed E-state index contributed by atoms with van der Waals surface area (Å²) in [6.45, 7) is 2.61. The average molecular weight is 262 g/mol. The van der Waals surface area contributed by atoms with Crippen molar-refractivity contribution in [3.05, 3.63) is 23.8 Å². The second-order valence-electron chi connectivity index (χ2n) is 5.24. The lowest BCUT2D eigenvalue weighted by atomic mass is 9.97. The number of benzene rings is 1. The van der Waals surface area contributed by atoms with Crippen LogP contribution in [0, 0.1) is 11.8 Å². The zero-order valence-electron chi connectivity index (χ0n) is 11.6. The van der Waals surface area contributed by atoms with E-state index in [1.54, 1.807) is 7.11 Å². The number of methoxy groups -OCH3 is 1. The van der Waals surface area contributed by atoms with E-state index in [0.717, 1.165) is 30.5 Å². The molecule has 1 aromatic rings. The lowest BCUT2D eigenvalue weighted by Crippen LogP contribution is -2.24. The smallest absolute Gasteiger partial charge is 0.227 e. The molecule has 1 saturated carbocycles. The Kier molecular flexibility index (Phi) is 4.43. The summed E-state index contributed by atoms with van der Waals surface area (Å²) in [4.78, 5) is 12.3. The first kappa shape index (κ1) is 13.9. The molecule has 0 saturated heterocycles. The first-order valence-electron chi connectivity index (χ1n) is 6.83. The van der Waals surface area contributed by atoms with Crippen LogP contribution in [0.15, 0.2) is 18.2 Å². The summed E-state index contributed by atoms with van der Waals surface area (Å²) in [5.41, 5.74) is 7.32. The Morgan fingerprint density at radius 2 is 2.26 bits per heavy atom. The van der Waals surface area contributed by atoms with Gasteiger partial charge in [-0.1, -0.05) is 19.4 Å². The molecule has 2 unspecified atom stereocenters. The Labute approximate surface area is 114 Å². The van der Waals surface area contributed by atoms with Crippen LogP contribution in [0.5, 0.6) is 5.75 Å². The monoisotopic (exact) mass is 262 g/mol. The van der Waals surface area contributed by atoms with Gasteiger partial charge < -0.3 is 15.8 Å². The van der Waals surface area contributed by atoms with Gasteiger partial charge in [0.05, 0.1) is 12.8 Å². The summed E-state index contributed by atoms with van der Waals surface area (Å²) < 4.78 is 5.31. The van der Waals surface area contributed by atoms with E-state index in [1.807, 2.05) is 18.2 Å². The lowest BCUT2D eigenvalue weighted by molar-refractivity contribution is -0.120. The molecule has 0 spiro atoms. The molecule has 2 rings (SSSR count). The standard InChI is InChI=1S/C15H22N2O2/c1-10-4-3-5-12(10)15(18)17-13-7-6-11(9-16)8-14(13)19-2/h6-8,10,12H,3-5,9,16H2,1-2H3,(H,17,18). The molecule has 0 aromatic heterocycles.